The molecule has 2 aromatic carbocycles. The molecule has 13 heteroatoms. The zero-order chi connectivity index (χ0) is 29.8. The number of ether oxygens (including phenoxy) is 1. The molecular weight excluding hydrogens is 567 g/mol. The van der Waals surface area contributed by atoms with Crippen LogP contribution in [0.2, 0.25) is 0 Å². The van der Waals surface area contributed by atoms with E-state index in [1.807, 2.05) is 0 Å². The molecule has 0 N–H and O–H groups in total. The van der Waals surface area contributed by atoms with Crippen molar-refractivity contribution in [1.29, 1.82) is 0 Å². The van der Waals surface area contributed by atoms with E-state index < -0.39 is 46.3 Å². The third kappa shape index (κ3) is 5.09. The van der Waals surface area contributed by atoms with Gasteiger partial charge in [0, 0.05) is 65.5 Å². The molecule has 0 bridgehead atoms. The topological polar surface area (TPSA) is 67.7 Å². The van der Waals surface area contributed by atoms with Crippen molar-refractivity contribution >= 4 is 34.4 Å². The lowest BCUT2D eigenvalue weighted by Gasteiger charge is -2.44. The molecule has 3 heterocycles. The second-order valence-corrected chi connectivity index (χ2v) is 11.2. The van der Waals surface area contributed by atoms with Gasteiger partial charge in [-0.3, -0.25) is 9.36 Å². The molecule has 0 aliphatic carbocycles. The Balaban J connectivity index is 1.83. The summed E-state index contributed by atoms with van der Waals surface area (Å²) in [4.78, 5) is 33.5. The maximum atomic E-state index is 15.1. The number of thioether (sulfide) groups is 1. The number of anilines is 1. The molecule has 1 amide bonds. The average Bonchev–Trinajstić information content (AvgIpc) is 3.10. The summed E-state index contributed by atoms with van der Waals surface area (Å²) in [5, 5.41) is 0.0605. The zero-order valence-corrected chi connectivity index (χ0v) is 23.3. The van der Waals surface area contributed by atoms with Crippen LogP contribution < -0.4 is 10.6 Å². The van der Waals surface area contributed by atoms with E-state index in [1.165, 1.54) is 17.8 Å². The van der Waals surface area contributed by atoms with Gasteiger partial charge in [0.25, 0.3) is 0 Å². The van der Waals surface area contributed by atoms with E-state index in [0.717, 1.165) is 30.0 Å². The lowest BCUT2D eigenvalue weighted by atomic mass is 9.95. The minimum absolute atomic E-state index is 0.0181. The van der Waals surface area contributed by atoms with Crippen molar-refractivity contribution in [2.45, 2.75) is 49.7 Å². The molecule has 2 aliphatic rings. The number of hydrogen-bond acceptors (Lipinski definition) is 6. The Morgan fingerprint density at radius 2 is 1.83 bits per heavy atom. The van der Waals surface area contributed by atoms with Crippen LogP contribution >= 0.6 is 11.8 Å². The molecule has 2 aliphatic heterocycles. The number of amides is 1. The number of carbonyl (C=O) groups is 1. The van der Waals surface area contributed by atoms with Gasteiger partial charge in [0.2, 0.25) is 5.91 Å². The fourth-order valence-electron chi connectivity index (χ4n) is 5.74. The Bertz CT molecular complexity index is 1600. The van der Waals surface area contributed by atoms with Crippen molar-refractivity contribution in [3.8, 4) is 11.1 Å². The second kappa shape index (κ2) is 10.8. The lowest BCUT2D eigenvalue weighted by molar-refractivity contribution is -0.137. The predicted octanol–water partition coefficient (Wildman–Crippen LogP) is 5.09. The Morgan fingerprint density at radius 3 is 2.41 bits per heavy atom. The van der Waals surface area contributed by atoms with Gasteiger partial charge in [-0.05, 0) is 38.1 Å². The summed E-state index contributed by atoms with van der Waals surface area (Å²) in [6.07, 6.45) is -4.27. The van der Waals surface area contributed by atoms with Crippen LogP contribution in [0.25, 0.3) is 22.0 Å². The van der Waals surface area contributed by atoms with E-state index >= 15 is 4.39 Å². The van der Waals surface area contributed by atoms with Crippen molar-refractivity contribution in [3.63, 3.8) is 0 Å². The van der Waals surface area contributed by atoms with Crippen LogP contribution in [0.5, 0.6) is 0 Å². The highest BCUT2D eigenvalue weighted by Gasteiger charge is 2.40. The van der Waals surface area contributed by atoms with Crippen LogP contribution in [-0.4, -0.2) is 64.5 Å². The number of alkyl halides is 3. The molecule has 3 aromatic rings. The van der Waals surface area contributed by atoms with Crippen LogP contribution in [0, 0.1) is 11.6 Å². The van der Waals surface area contributed by atoms with Gasteiger partial charge in [-0.15, -0.1) is 11.8 Å². The maximum absolute atomic E-state index is 15.1. The number of methoxy groups -OCH3 is 1. The summed E-state index contributed by atoms with van der Waals surface area (Å²) in [6.45, 7) is 7.55. The van der Waals surface area contributed by atoms with Crippen molar-refractivity contribution in [2.24, 2.45) is 0 Å². The van der Waals surface area contributed by atoms with Gasteiger partial charge >= 0.3 is 11.9 Å². The first-order valence-electron chi connectivity index (χ1n) is 12.8. The minimum atomic E-state index is -4.93. The normalized spacial score (nSPS) is 21.2. The highest BCUT2D eigenvalue weighted by atomic mass is 32.2. The van der Waals surface area contributed by atoms with Crippen molar-refractivity contribution in [1.82, 2.24) is 14.5 Å². The van der Waals surface area contributed by atoms with Gasteiger partial charge in [-0.2, -0.15) is 18.2 Å². The first kappa shape index (κ1) is 29.1. The molecule has 218 valence electrons. The molecule has 1 fully saturated rings. The number of halogens is 5. The Labute approximate surface area is 236 Å². The monoisotopic (exact) mass is 594 g/mol. The molecule has 1 aromatic heterocycles. The molecule has 7 nitrogen and oxygen atoms in total. The fourth-order valence-corrected chi connectivity index (χ4v) is 7.05. The van der Waals surface area contributed by atoms with Gasteiger partial charge in [-0.25, -0.2) is 13.6 Å². The van der Waals surface area contributed by atoms with Gasteiger partial charge < -0.3 is 14.5 Å². The standard InChI is InChI=1S/C28H27F5N4O3S/c1-5-22(38)37-14(2)10-35(11-15(37)3)26-19-9-20(28(31,32)33)23(18-7-6-16(29)8-21(18)30)25-24(19)36(27(39)34-26)12-17(40-4)13-41-25/h5-9,14-15,17H,1,10-13H2,2-4H3/t14-,15+,17-/m1/s1. The van der Waals surface area contributed by atoms with E-state index in [1.54, 1.807) is 23.6 Å². The van der Waals surface area contributed by atoms with Crippen molar-refractivity contribution in [3.05, 3.63) is 64.6 Å². The number of aromatic nitrogens is 2. The highest BCUT2D eigenvalue weighted by Crippen LogP contribution is 2.49. The predicted molar refractivity (Wildman–Crippen MR) is 146 cm³/mol. The van der Waals surface area contributed by atoms with Gasteiger partial charge in [-0.1, -0.05) is 6.58 Å². The number of rotatable bonds is 4. The van der Waals surface area contributed by atoms with Crippen LogP contribution in [0.1, 0.15) is 19.4 Å². The van der Waals surface area contributed by atoms with E-state index in [4.69, 9.17) is 4.74 Å². The average molecular weight is 595 g/mol. The summed E-state index contributed by atoms with van der Waals surface area (Å²) in [7, 11) is 1.43. The molecule has 0 radical (unpaired) electrons. The van der Waals surface area contributed by atoms with Crippen LogP contribution in [0.4, 0.5) is 27.8 Å². The summed E-state index contributed by atoms with van der Waals surface area (Å²) < 4.78 is 79.8. The summed E-state index contributed by atoms with van der Waals surface area (Å²) in [6, 6.07) is 2.57. The first-order valence-corrected chi connectivity index (χ1v) is 13.8. The maximum Gasteiger partial charge on any atom is 0.417 e. The van der Waals surface area contributed by atoms with Crippen LogP contribution in [0.15, 0.2) is 46.6 Å². The van der Waals surface area contributed by atoms with Crippen molar-refractivity contribution < 1.29 is 31.5 Å². The SMILES string of the molecule is C=CC(=O)N1[C@H](C)CN(c2nc(=O)n3c4c(c(-c5ccc(F)cc5F)c(C(F)(F)F)cc24)SC[C@H](OC)C3)C[C@@H]1C. The van der Waals surface area contributed by atoms with E-state index in [-0.39, 0.29) is 65.0 Å². The van der Waals surface area contributed by atoms with Gasteiger partial charge in [0.05, 0.1) is 23.7 Å². The fraction of sp³-hybridized carbons (Fsp3) is 0.393. The quantitative estimate of drug-likeness (QED) is 0.310. The second-order valence-electron chi connectivity index (χ2n) is 10.2. The molecule has 0 unspecified atom stereocenters. The number of benzene rings is 2. The minimum Gasteiger partial charge on any atom is -0.379 e. The third-order valence-corrected chi connectivity index (χ3v) is 8.71. The smallest absolute Gasteiger partial charge is 0.379 e. The summed E-state index contributed by atoms with van der Waals surface area (Å²) in [5.41, 5.74) is -2.58. The molecule has 5 rings (SSSR count). The van der Waals surface area contributed by atoms with Crippen molar-refractivity contribution in [2.75, 3.05) is 30.9 Å². The van der Waals surface area contributed by atoms with E-state index in [2.05, 4.69) is 11.6 Å². The number of carbonyl (C=O) groups excluding carboxylic acids is 1. The number of piperazine rings is 1. The van der Waals surface area contributed by atoms with E-state index in [0.29, 0.717) is 6.07 Å². The Morgan fingerprint density at radius 1 is 1.15 bits per heavy atom. The summed E-state index contributed by atoms with van der Waals surface area (Å²) >= 11 is 1.02. The van der Waals surface area contributed by atoms with Crippen LogP contribution in [-0.2, 0) is 22.3 Å². The molecule has 1 saturated heterocycles. The Hall–Kier alpha value is -3.45. The van der Waals surface area contributed by atoms with E-state index in [9.17, 15) is 27.2 Å². The van der Waals surface area contributed by atoms with Gasteiger partial charge in [0.1, 0.15) is 17.5 Å². The molecule has 0 spiro atoms. The Kier molecular flexibility index (Phi) is 7.62. The lowest BCUT2D eigenvalue weighted by Crippen LogP contribution is -2.58. The molecule has 41 heavy (non-hydrogen) atoms. The molecule has 0 saturated carbocycles. The number of hydrogen-bond donors (Lipinski definition) is 0. The largest absolute Gasteiger partial charge is 0.417 e. The molecular formula is C28H27F5N4O3S. The highest BCUT2D eigenvalue weighted by molar-refractivity contribution is 7.99. The molecule has 3 atom stereocenters. The number of nitrogens with zero attached hydrogens (tertiary/aromatic N) is 4. The zero-order valence-electron chi connectivity index (χ0n) is 22.5. The van der Waals surface area contributed by atoms with Gasteiger partial charge in [0.15, 0.2) is 0 Å². The van der Waals surface area contributed by atoms with Crippen LogP contribution in [0.3, 0.4) is 0 Å². The first-order chi connectivity index (χ1) is 19.3. The third-order valence-electron chi connectivity index (χ3n) is 7.49. The summed E-state index contributed by atoms with van der Waals surface area (Å²) in [5.74, 6) is -2.15.